The first kappa shape index (κ1) is 15.8. The Morgan fingerprint density at radius 3 is 2.45 bits per heavy atom. The van der Waals surface area contributed by atoms with Gasteiger partial charge in [-0.2, -0.15) is 10.7 Å². The lowest BCUT2D eigenvalue weighted by Gasteiger charge is -2.19. The molecule has 0 aliphatic heterocycles. The van der Waals surface area contributed by atoms with Crippen molar-refractivity contribution in [2.45, 2.75) is 26.4 Å². The average Bonchev–Trinajstić information content (AvgIpc) is 2.37. The second-order valence-corrected chi connectivity index (χ2v) is 4.94. The highest BCUT2D eigenvalue weighted by Crippen LogP contribution is 2.11. The first-order chi connectivity index (χ1) is 9.40. The molecule has 1 amide bonds. The number of hydrogen-bond donors (Lipinski definition) is 1. The van der Waals surface area contributed by atoms with Crippen LogP contribution < -0.4 is 10.2 Å². The van der Waals surface area contributed by atoms with Crippen molar-refractivity contribution in [2.75, 3.05) is 13.2 Å². The van der Waals surface area contributed by atoms with Crippen LogP contribution >= 0.6 is 0 Å². The molecular weight excluding hydrogens is 260 g/mol. The van der Waals surface area contributed by atoms with Gasteiger partial charge in [-0.25, -0.2) is 4.79 Å². The molecule has 0 saturated carbocycles. The Kier molecular flexibility index (Phi) is 5.81. The minimum atomic E-state index is -0.643. The topological polar surface area (TPSA) is 80.6 Å². The number of rotatable bonds is 5. The van der Waals surface area contributed by atoms with Crippen molar-refractivity contribution >= 4 is 6.09 Å². The smallest absolute Gasteiger partial charge is 0.431 e. The van der Waals surface area contributed by atoms with Crippen LogP contribution in [0.4, 0.5) is 4.79 Å². The van der Waals surface area contributed by atoms with Gasteiger partial charge in [-0.05, 0) is 45.0 Å². The van der Waals surface area contributed by atoms with Gasteiger partial charge in [-0.1, -0.05) is 0 Å². The monoisotopic (exact) mass is 278 g/mol. The van der Waals surface area contributed by atoms with Gasteiger partial charge in [-0.15, -0.1) is 0 Å². The van der Waals surface area contributed by atoms with Gasteiger partial charge in [0, 0.05) is 0 Å². The van der Waals surface area contributed by atoms with Crippen molar-refractivity contribution in [3.05, 3.63) is 29.8 Å². The maximum Gasteiger partial charge on any atom is 0.431 e. The van der Waals surface area contributed by atoms with Gasteiger partial charge in [0.15, 0.2) is 0 Å². The lowest BCUT2D eigenvalue weighted by atomic mass is 10.2. The lowest BCUT2D eigenvalue weighted by molar-refractivity contribution is -0.0144. The van der Waals surface area contributed by atoms with E-state index in [-0.39, 0.29) is 13.2 Å². The molecule has 0 bridgehead atoms. The van der Waals surface area contributed by atoms with Crippen molar-refractivity contribution in [3.8, 4) is 11.8 Å². The molecule has 6 nitrogen and oxygen atoms in total. The van der Waals surface area contributed by atoms with E-state index in [4.69, 9.17) is 19.6 Å². The number of nitrogens with one attached hydrogen (secondary N) is 1. The molecule has 1 N–H and O–H groups in total. The largest absolute Gasteiger partial charge is 0.491 e. The Hall–Kier alpha value is -2.26. The summed E-state index contributed by atoms with van der Waals surface area (Å²) >= 11 is 0. The molecule has 0 saturated heterocycles. The van der Waals surface area contributed by atoms with E-state index >= 15 is 0 Å². The van der Waals surface area contributed by atoms with Crippen molar-refractivity contribution in [1.29, 1.82) is 5.26 Å². The third-order valence-corrected chi connectivity index (χ3v) is 1.99. The van der Waals surface area contributed by atoms with E-state index in [2.05, 4.69) is 5.48 Å². The first-order valence-corrected chi connectivity index (χ1v) is 6.14. The maximum absolute atomic E-state index is 11.2. The molecule has 0 aromatic heterocycles. The van der Waals surface area contributed by atoms with Crippen LogP contribution in [0.1, 0.15) is 26.3 Å². The number of benzene rings is 1. The fourth-order valence-corrected chi connectivity index (χ4v) is 1.24. The Labute approximate surface area is 118 Å². The van der Waals surface area contributed by atoms with Crippen molar-refractivity contribution in [1.82, 2.24) is 5.48 Å². The molecule has 0 aliphatic rings. The molecule has 0 fully saturated rings. The quantitative estimate of drug-likeness (QED) is 0.660. The summed E-state index contributed by atoms with van der Waals surface area (Å²) in [7, 11) is 0. The molecule has 0 atom stereocenters. The third kappa shape index (κ3) is 6.61. The van der Waals surface area contributed by atoms with Crippen LogP contribution in [0.15, 0.2) is 24.3 Å². The predicted molar refractivity (Wildman–Crippen MR) is 72.0 cm³/mol. The number of carbonyl (C=O) groups excluding carboxylic acids is 1. The van der Waals surface area contributed by atoms with Crippen molar-refractivity contribution < 1.29 is 19.1 Å². The van der Waals surface area contributed by atoms with E-state index in [1.807, 2.05) is 6.07 Å². The number of hydroxylamine groups is 1. The molecule has 0 unspecified atom stereocenters. The van der Waals surface area contributed by atoms with Gasteiger partial charge in [0.1, 0.15) is 24.6 Å². The van der Waals surface area contributed by atoms with Crippen LogP contribution in [0.3, 0.4) is 0 Å². The van der Waals surface area contributed by atoms with Crippen LogP contribution in [0.2, 0.25) is 0 Å². The molecule has 0 heterocycles. The summed E-state index contributed by atoms with van der Waals surface area (Å²) in [5, 5.41) is 8.64. The van der Waals surface area contributed by atoms with Crippen LogP contribution in [0.5, 0.6) is 5.75 Å². The van der Waals surface area contributed by atoms with E-state index in [0.717, 1.165) is 0 Å². The maximum atomic E-state index is 11.2. The number of carbonyl (C=O) groups is 1. The number of nitriles is 1. The highest BCUT2D eigenvalue weighted by atomic mass is 16.7. The molecule has 0 spiro atoms. The summed E-state index contributed by atoms with van der Waals surface area (Å²) < 4.78 is 10.3. The molecule has 1 aromatic rings. The molecule has 6 heteroatoms. The highest BCUT2D eigenvalue weighted by Gasteiger charge is 2.15. The predicted octanol–water partition coefficient (Wildman–Crippen LogP) is 2.39. The summed E-state index contributed by atoms with van der Waals surface area (Å²) in [6, 6.07) is 8.73. The zero-order valence-corrected chi connectivity index (χ0v) is 11.8. The minimum Gasteiger partial charge on any atom is -0.491 e. The lowest BCUT2D eigenvalue weighted by Crippen LogP contribution is -2.33. The van der Waals surface area contributed by atoms with E-state index in [1.54, 1.807) is 45.0 Å². The highest BCUT2D eigenvalue weighted by molar-refractivity contribution is 5.66. The summed E-state index contributed by atoms with van der Waals surface area (Å²) in [6.07, 6.45) is -0.643. The van der Waals surface area contributed by atoms with Crippen LogP contribution in [-0.4, -0.2) is 24.9 Å². The van der Waals surface area contributed by atoms with Gasteiger partial charge in [0.05, 0.1) is 11.6 Å². The number of nitrogens with zero attached hydrogens (tertiary/aromatic N) is 1. The number of hydrogen-bond acceptors (Lipinski definition) is 5. The minimum absolute atomic E-state index is 0.180. The van der Waals surface area contributed by atoms with Gasteiger partial charge >= 0.3 is 6.09 Å². The third-order valence-electron chi connectivity index (χ3n) is 1.99. The standard InChI is InChI=1S/C14H18N2O4/c1-14(2,3)20-13(17)16-19-9-8-18-12-6-4-11(10-15)5-7-12/h4-7H,8-9H2,1-3H3,(H,16,17). The Morgan fingerprint density at radius 2 is 1.90 bits per heavy atom. The fourth-order valence-electron chi connectivity index (χ4n) is 1.24. The summed E-state index contributed by atoms with van der Waals surface area (Å²) in [6.45, 7) is 5.74. The number of ether oxygens (including phenoxy) is 2. The van der Waals surface area contributed by atoms with E-state index in [0.29, 0.717) is 11.3 Å². The molecular formula is C14H18N2O4. The molecule has 1 rings (SSSR count). The summed E-state index contributed by atoms with van der Waals surface area (Å²) in [4.78, 5) is 16.1. The van der Waals surface area contributed by atoms with E-state index in [9.17, 15) is 4.79 Å². The van der Waals surface area contributed by atoms with Gasteiger partial charge in [-0.3, -0.25) is 4.84 Å². The molecule has 0 aliphatic carbocycles. The SMILES string of the molecule is CC(C)(C)OC(=O)NOCCOc1ccc(C#N)cc1. The van der Waals surface area contributed by atoms with Crippen LogP contribution in [-0.2, 0) is 9.57 Å². The first-order valence-electron chi connectivity index (χ1n) is 6.14. The fraction of sp³-hybridized carbons (Fsp3) is 0.429. The molecule has 1 aromatic carbocycles. The van der Waals surface area contributed by atoms with Gasteiger partial charge in [0.25, 0.3) is 0 Å². The second kappa shape index (κ2) is 7.36. The van der Waals surface area contributed by atoms with Crippen molar-refractivity contribution in [3.63, 3.8) is 0 Å². The van der Waals surface area contributed by atoms with Crippen LogP contribution in [0, 0.1) is 11.3 Å². The molecule has 20 heavy (non-hydrogen) atoms. The van der Waals surface area contributed by atoms with E-state index in [1.165, 1.54) is 0 Å². The normalized spacial score (nSPS) is 10.5. The number of amides is 1. The zero-order valence-electron chi connectivity index (χ0n) is 11.8. The van der Waals surface area contributed by atoms with Crippen LogP contribution in [0.25, 0.3) is 0 Å². The molecule has 108 valence electrons. The van der Waals surface area contributed by atoms with Crippen molar-refractivity contribution in [2.24, 2.45) is 0 Å². The summed E-state index contributed by atoms with van der Waals surface area (Å²) in [5.74, 6) is 0.630. The Bertz CT molecular complexity index is 471. The Morgan fingerprint density at radius 1 is 1.25 bits per heavy atom. The zero-order chi connectivity index (χ0) is 15.0. The van der Waals surface area contributed by atoms with E-state index < -0.39 is 11.7 Å². The average molecular weight is 278 g/mol. The Balaban J connectivity index is 2.16. The van der Waals surface area contributed by atoms with Gasteiger partial charge in [0.2, 0.25) is 0 Å². The second-order valence-electron chi connectivity index (χ2n) is 4.94. The molecule has 0 radical (unpaired) electrons. The van der Waals surface area contributed by atoms with Gasteiger partial charge < -0.3 is 9.47 Å². The summed E-state index contributed by atoms with van der Waals surface area (Å²) in [5.41, 5.74) is 2.17.